The molecule has 4 nitrogen and oxygen atoms in total. The first-order valence-corrected chi connectivity index (χ1v) is 6.44. The molecule has 0 radical (unpaired) electrons. The number of nitrogens with one attached hydrogen (secondary N) is 1. The standard InChI is InChI=1S/C12H15BrN2O2/c1-17-11-4-2-3-10(11)15-12(16)8-5-9(13)7-14-6-8/h5-7,10-11H,2-4H2,1H3,(H,15,16). The number of methoxy groups -OCH3 is 1. The van der Waals surface area contributed by atoms with Crippen LogP contribution in [0.1, 0.15) is 29.6 Å². The molecule has 0 saturated heterocycles. The summed E-state index contributed by atoms with van der Waals surface area (Å²) in [5.41, 5.74) is 0.570. The molecule has 17 heavy (non-hydrogen) atoms. The molecule has 2 rings (SSSR count). The van der Waals surface area contributed by atoms with E-state index in [-0.39, 0.29) is 18.1 Å². The first-order chi connectivity index (χ1) is 8.20. The molecule has 1 heterocycles. The Labute approximate surface area is 109 Å². The summed E-state index contributed by atoms with van der Waals surface area (Å²) in [6.45, 7) is 0. The van der Waals surface area contributed by atoms with Gasteiger partial charge in [0.25, 0.3) is 5.91 Å². The van der Waals surface area contributed by atoms with E-state index in [1.165, 1.54) is 0 Å². The average Bonchev–Trinajstić information content (AvgIpc) is 2.76. The highest BCUT2D eigenvalue weighted by atomic mass is 79.9. The van der Waals surface area contributed by atoms with Crippen molar-refractivity contribution in [2.24, 2.45) is 0 Å². The second-order valence-corrected chi connectivity index (χ2v) is 5.09. The first kappa shape index (κ1) is 12.5. The second kappa shape index (κ2) is 5.60. The fourth-order valence-electron chi connectivity index (χ4n) is 2.16. The van der Waals surface area contributed by atoms with Crippen LogP contribution in [-0.4, -0.2) is 30.1 Å². The van der Waals surface area contributed by atoms with Gasteiger partial charge in [0.2, 0.25) is 0 Å². The van der Waals surface area contributed by atoms with Crippen LogP contribution in [0.4, 0.5) is 0 Å². The van der Waals surface area contributed by atoms with Crippen LogP contribution in [0, 0.1) is 0 Å². The lowest BCUT2D eigenvalue weighted by molar-refractivity contribution is 0.0722. The Morgan fingerprint density at radius 3 is 3.06 bits per heavy atom. The minimum Gasteiger partial charge on any atom is -0.379 e. The maximum Gasteiger partial charge on any atom is 0.253 e. The molecule has 1 aliphatic rings. The van der Waals surface area contributed by atoms with Crippen molar-refractivity contribution in [3.8, 4) is 0 Å². The Morgan fingerprint density at radius 2 is 2.35 bits per heavy atom. The van der Waals surface area contributed by atoms with Crippen molar-refractivity contribution >= 4 is 21.8 Å². The fraction of sp³-hybridized carbons (Fsp3) is 0.500. The van der Waals surface area contributed by atoms with E-state index in [1.54, 1.807) is 25.6 Å². The lowest BCUT2D eigenvalue weighted by Gasteiger charge is -2.19. The van der Waals surface area contributed by atoms with Gasteiger partial charge in [-0.15, -0.1) is 0 Å². The number of rotatable bonds is 3. The Bertz CT molecular complexity index is 411. The van der Waals surface area contributed by atoms with Gasteiger partial charge < -0.3 is 10.1 Å². The zero-order valence-electron chi connectivity index (χ0n) is 9.65. The molecule has 1 aromatic rings. The van der Waals surface area contributed by atoms with Crippen molar-refractivity contribution < 1.29 is 9.53 Å². The number of aromatic nitrogens is 1. The molecular formula is C12H15BrN2O2. The Kier molecular flexibility index (Phi) is 4.12. The average molecular weight is 299 g/mol. The molecule has 92 valence electrons. The molecule has 0 spiro atoms. The molecule has 1 aromatic heterocycles. The van der Waals surface area contributed by atoms with E-state index in [2.05, 4.69) is 26.2 Å². The van der Waals surface area contributed by atoms with Crippen LogP contribution in [-0.2, 0) is 4.74 Å². The molecule has 1 saturated carbocycles. The maximum absolute atomic E-state index is 12.0. The van der Waals surface area contributed by atoms with Crippen molar-refractivity contribution in [3.05, 3.63) is 28.5 Å². The van der Waals surface area contributed by atoms with E-state index in [1.807, 2.05) is 0 Å². The highest BCUT2D eigenvalue weighted by Gasteiger charge is 2.28. The van der Waals surface area contributed by atoms with Gasteiger partial charge in [0.1, 0.15) is 0 Å². The predicted octanol–water partition coefficient (Wildman–Crippen LogP) is 2.14. The SMILES string of the molecule is COC1CCCC1NC(=O)c1cncc(Br)c1. The summed E-state index contributed by atoms with van der Waals surface area (Å²) in [7, 11) is 1.69. The number of hydrogen-bond donors (Lipinski definition) is 1. The number of hydrogen-bond acceptors (Lipinski definition) is 3. The summed E-state index contributed by atoms with van der Waals surface area (Å²) < 4.78 is 6.15. The van der Waals surface area contributed by atoms with Crippen molar-refractivity contribution in [2.75, 3.05) is 7.11 Å². The molecule has 1 aliphatic carbocycles. The summed E-state index contributed by atoms with van der Waals surface area (Å²) in [5.74, 6) is -0.0900. The van der Waals surface area contributed by atoms with Gasteiger partial charge in [-0.3, -0.25) is 9.78 Å². The number of carbonyl (C=O) groups excluding carboxylic acids is 1. The van der Waals surface area contributed by atoms with Gasteiger partial charge in [0, 0.05) is 24.0 Å². The van der Waals surface area contributed by atoms with Crippen LogP contribution in [0.3, 0.4) is 0 Å². The van der Waals surface area contributed by atoms with Crippen LogP contribution in [0.5, 0.6) is 0 Å². The first-order valence-electron chi connectivity index (χ1n) is 5.65. The van der Waals surface area contributed by atoms with Crippen molar-refractivity contribution in [1.82, 2.24) is 10.3 Å². The van der Waals surface area contributed by atoms with Crippen LogP contribution < -0.4 is 5.32 Å². The summed E-state index contributed by atoms with van der Waals surface area (Å²) in [6.07, 6.45) is 6.45. The van der Waals surface area contributed by atoms with Crippen molar-refractivity contribution in [1.29, 1.82) is 0 Å². The molecule has 2 atom stereocenters. The highest BCUT2D eigenvalue weighted by Crippen LogP contribution is 2.22. The number of amides is 1. The number of nitrogens with zero attached hydrogens (tertiary/aromatic N) is 1. The number of halogens is 1. The molecule has 5 heteroatoms. The van der Waals surface area contributed by atoms with E-state index in [9.17, 15) is 4.79 Å². The van der Waals surface area contributed by atoms with Crippen LogP contribution in [0.15, 0.2) is 22.9 Å². The van der Waals surface area contributed by atoms with E-state index in [0.29, 0.717) is 5.56 Å². The molecule has 0 bridgehead atoms. The zero-order chi connectivity index (χ0) is 12.3. The molecule has 0 aliphatic heterocycles. The third-order valence-corrected chi connectivity index (χ3v) is 3.47. The van der Waals surface area contributed by atoms with Crippen LogP contribution in [0.25, 0.3) is 0 Å². The van der Waals surface area contributed by atoms with Gasteiger partial charge in [-0.1, -0.05) is 0 Å². The van der Waals surface area contributed by atoms with Crippen LogP contribution in [0.2, 0.25) is 0 Å². The van der Waals surface area contributed by atoms with Gasteiger partial charge in [0.15, 0.2) is 0 Å². The van der Waals surface area contributed by atoms with Crippen molar-refractivity contribution in [3.63, 3.8) is 0 Å². The number of pyridine rings is 1. The summed E-state index contributed by atoms with van der Waals surface area (Å²) in [6, 6.07) is 1.88. The van der Waals surface area contributed by atoms with Crippen LogP contribution >= 0.6 is 15.9 Å². The van der Waals surface area contributed by atoms with Gasteiger partial charge in [-0.2, -0.15) is 0 Å². The minimum absolute atomic E-state index is 0.0900. The number of ether oxygens (including phenoxy) is 1. The third-order valence-electron chi connectivity index (χ3n) is 3.04. The third kappa shape index (κ3) is 3.04. The predicted molar refractivity (Wildman–Crippen MR) is 67.8 cm³/mol. The lowest BCUT2D eigenvalue weighted by atomic mass is 10.2. The molecule has 1 amide bonds. The molecular weight excluding hydrogens is 284 g/mol. The second-order valence-electron chi connectivity index (χ2n) is 4.18. The fourth-order valence-corrected chi connectivity index (χ4v) is 2.53. The van der Waals surface area contributed by atoms with E-state index in [0.717, 1.165) is 23.7 Å². The highest BCUT2D eigenvalue weighted by molar-refractivity contribution is 9.10. The molecule has 2 unspecified atom stereocenters. The minimum atomic E-state index is -0.0900. The summed E-state index contributed by atoms with van der Waals surface area (Å²) in [5, 5.41) is 3.00. The zero-order valence-corrected chi connectivity index (χ0v) is 11.2. The largest absolute Gasteiger partial charge is 0.379 e. The topological polar surface area (TPSA) is 51.2 Å². The summed E-state index contributed by atoms with van der Waals surface area (Å²) in [4.78, 5) is 16.0. The van der Waals surface area contributed by atoms with Gasteiger partial charge in [0.05, 0.1) is 17.7 Å². The molecule has 0 aromatic carbocycles. The Balaban J connectivity index is 2.01. The van der Waals surface area contributed by atoms with Crippen molar-refractivity contribution in [2.45, 2.75) is 31.4 Å². The Hall–Kier alpha value is -0.940. The van der Waals surface area contributed by atoms with E-state index in [4.69, 9.17) is 4.74 Å². The molecule has 1 fully saturated rings. The lowest BCUT2D eigenvalue weighted by Crippen LogP contribution is -2.40. The normalized spacial score (nSPS) is 23.6. The van der Waals surface area contributed by atoms with Gasteiger partial charge in [-0.05, 0) is 41.3 Å². The quantitative estimate of drug-likeness (QED) is 0.930. The van der Waals surface area contributed by atoms with Gasteiger partial charge in [-0.25, -0.2) is 0 Å². The van der Waals surface area contributed by atoms with Gasteiger partial charge >= 0.3 is 0 Å². The smallest absolute Gasteiger partial charge is 0.253 e. The summed E-state index contributed by atoms with van der Waals surface area (Å²) >= 11 is 3.30. The molecule has 1 N–H and O–H groups in total. The maximum atomic E-state index is 12.0. The van der Waals surface area contributed by atoms with E-state index < -0.39 is 0 Å². The number of carbonyl (C=O) groups is 1. The Morgan fingerprint density at radius 1 is 1.53 bits per heavy atom. The van der Waals surface area contributed by atoms with E-state index >= 15 is 0 Å². The monoisotopic (exact) mass is 298 g/mol.